The molecule has 15 heavy (non-hydrogen) atoms. The molecule has 90 valence electrons. The Kier molecular flexibility index (Phi) is 5.29. The quantitative estimate of drug-likeness (QED) is 0.742. The van der Waals surface area contributed by atoms with Gasteiger partial charge in [-0.25, -0.2) is 0 Å². The molecule has 0 aromatic carbocycles. The van der Waals surface area contributed by atoms with Crippen molar-refractivity contribution in [3.63, 3.8) is 0 Å². The average molecular weight is 216 g/mol. The van der Waals surface area contributed by atoms with Crippen LogP contribution in [0.4, 0.5) is 0 Å². The highest BCUT2D eigenvalue weighted by Gasteiger charge is 2.32. The van der Waals surface area contributed by atoms with E-state index in [4.69, 9.17) is 9.84 Å². The van der Waals surface area contributed by atoms with E-state index >= 15 is 0 Å². The number of carboxylic acid groups (broad SMARTS) is 1. The van der Waals surface area contributed by atoms with Gasteiger partial charge in [0.1, 0.15) is 0 Å². The first-order chi connectivity index (χ1) is 6.71. The summed E-state index contributed by atoms with van der Waals surface area (Å²) in [5, 5.41) is 9.14. The fraction of sp³-hybridized carbons (Fsp3) is 0.917. The van der Waals surface area contributed by atoms with Crippen LogP contribution in [0, 0.1) is 5.41 Å². The van der Waals surface area contributed by atoms with E-state index in [1.807, 2.05) is 27.7 Å². The zero-order valence-electron chi connectivity index (χ0n) is 10.6. The van der Waals surface area contributed by atoms with Crippen molar-refractivity contribution in [1.29, 1.82) is 0 Å². The molecule has 0 radical (unpaired) electrons. The fourth-order valence-corrected chi connectivity index (χ4v) is 1.47. The summed E-state index contributed by atoms with van der Waals surface area (Å²) in [6.07, 6.45) is 2.17. The van der Waals surface area contributed by atoms with Crippen LogP contribution in [0.3, 0.4) is 0 Å². The largest absolute Gasteiger partial charge is 0.481 e. The molecule has 3 heteroatoms. The van der Waals surface area contributed by atoms with Gasteiger partial charge in [-0.1, -0.05) is 13.3 Å². The summed E-state index contributed by atoms with van der Waals surface area (Å²) >= 11 is 0. The second-order valence-corrected chi connectivity index (χ2v) is 5.33. The Balaban J connectivity index is 4.14. The first kappa shape index (κ1) is 14.4. The van der Waals surface area contributed by atoms with Crippen molar-refractivity contribution in [2.45, 2.75) is 59.5 Å². The molecule has 0 aromatic heterocycles. The third-order valence-electron chi connectivity index (χ3n) is 2.51. The monoisotopic (exact) mass is 216 g/mol. The second kappa shape index (κ2) is 5.50. The molecule has 0 aromatic rings. The smallest absolute Gasteiger partial charge is 0.309 e. The third-order valence-corrected chi connectivity index (χ3v) is 2.51. The molecule has 0 rings (SSSR count). The molecule has 0 aliphatic heterocycles. The molecule has 0 fully saturated rings. The number of aliphatic carboxylic acids is 1. The number of ether oxygens (including phenoxy) is 1. The van der Waals surface area contributed by atoms with Crippen LogP contribution in [0.1, 0.15) is 53.9 Å². The van der Waals surface area contributed by atoms with Gasteiger partial charge in [0.05, 0.1) is 11.0 Å². The molecule has 0 amide bonds. The van der Waals surface area contributed by atoms with Crippen LogP contribution in [0.25, 0.3) is 0 Å². The molecule has 0 aliphatic carbocycles. The predicted octanol–water partition coefficient (Wildman–Crippen LogP) is 3.08. The van der Waals surface area contributed by atoms with E-state index < -0.39 is 11.4 Å². The number of hydrogen-bond donors (Lipinski definition) is 1. The van der Waals surface area contributed by atoms with Gasteiger partial charge in [0.15, 0.2) is 0 Å². The highest BCUT2D eigenvalue weighted by Crippen LogP contribution is 2.28. The molecule has 1 atom stereocenters. The minimum absolute atomic E-state index is 0.189. The van der Waals surface area contributed by atoms with Crippen molar-refractivity contribution in [3.8, 4) is 0 Å². The van der Waals surface area contributed by atoms with E-state index in [-0.39, 0.29) is 5.60 Å². The SMILES string of the molecule is CCCC(C)(CCOC(C)(C)C)C(=O)O. The predicted molar refractivity (Wildman–Crippen MR) is 61.0 cm³/mol. The van der Waals surface area contributed by atoms with E-state index in [1.54, 1.807) is 6.92 Å². The molecule has 0 bridgehead atoms. The van der Waals surface area contributed by atoms with E-state index in [2.05, 4.69) is 0 Å². The van der Waals surface area contributed by atoms with Crippen molar-refractivity contribution < 1.29 is 14.6 Å². The number of carbonyl (C=O) groups is 1. The Labute approximate surface area is 92.8 Å². The lowest BCUT2D eigenvalue weighted by Gasteiger charge is -2.27. The van der Waals surface area contributed by atoms with Gasteiger partial charge in [0.2, 0.25) is 0 Å². The highest BCUT2D eigenvalue weighted by molar-refractivity contribution is 5.74. The molecule has 0 saturated heterocycles. The van der Waals surface area contributed by atoms with Crippen molar-refractivity contribution in [2.75, 3.05) is 6.61 Å². The van der Waals surface area contributed by atoms with Crippen LogP contribution in [-0.2, 0) is 9.53 Å². The van der Waals surface area contributed by atoms with Crippen LogP contribution in [0.15, 0.2) is 0 Å². The summed E-state index contributed by atoms with van der Waals surface area (Å²) in [5.74, 6) is -0.721. The summed E-state index contributed by atoms with van der Waals surface area (Å²) in [5.41, 5.74) is -0.828. The minimum Gasteiger partial charge on any atom is -0.481 e. The van der Waals surface area contributed by atoms with Crippen molar-refractivity contribution in [1.82, 2.24) is 0 Å². The molecular weight excluding hydrogens is 192 g/mol. The minimum atomic E-state index is -0.721. The number of rotatable bonds is 6. The van der Waals surface area contributed by atoms with Gasteiger partial charge in [-0.05, 0) is 40.5 Å². The zero-order valence-corrected chi connectivity index (χ0v) is 10.6. The molecule has 0 aliphatic rings. The lowest BCUT2D eigenvalue weighted by Crippen LogP contribution is -2.31. The molecule has 0 spiro atoms. The van der Waals surface area contributed by atoms with Crippen LogP contribution in [0.5, 0.6) is 0 Å². The molecule has 3 nitrogen and oxygen atoms in total. The maximum absolute atomic E-state index is 11.1. The molecule has 0 saturated carbocycles. The second-order valence-electron chi connectivity index (χ2n) is 5.33. The maximum Gasteiger partial charge on any atom is 0.309 e. The van der Waals surface area contributed by atoms with Crippen LogP contribution in [0.2, 0.25) is 0 Å². The van der Waals surface area contributed by atoms with E-state index in [0.29, 0.717) is 19.4 Å². The molecule has 0 heterocycles. The van der Waals surface area contributed by atoms with Gasteiger partial charge in [-0.2, -0.15) is 0 Å². The lowest BCUT2D eigenvalue weighted by molar-refractivity contribution is -0.150. The summed E-state index contributed by atoms with van der Waals surface area (Å²) in [6.45, 7) is 10.2. The van der Waals surface area contributed by atoms with Gasteiger partial charge in [-0.3, -0.25) is 4.79 Å². The first-order valence-corrected chi connectivity index (χ1v) is 5.58. The van der Waals surface area contributed by atoms with E-state index in [0.717, 1.165) is 6.42 Å². The Morgan fingerprint density at radius 2 is 1.73 bits per heavy atom. The first-order valence-electron chi connectivity index (χ1n) is 5.58. The fourth-order valence-electron chi connectivity index (χ4n) is 1.47. The topological polar surface area (TPSA) is 46.5 Å². The lowest BCUT2D eigenvalue weighted by atomic mass is 9.83. The zero-order chi connectivity index (χ0) is 12.1. The van der Waals surface area contributed by atoms with Crippen molar-refractivity contribution in [3.05, 3.63) is 0 Å². The van der Waals surface area contributed by atoms with Crippen LogP contribution < -0.4 is 0 Å². The molecule has 1 unspecified atom stereocenters. The highest BCUT2D eigenvalue weighted by atomic mass is 16.5. The van der Waals surface area contributed by atoms with E-state index in [9.17, 15) is 4.79 Å². The molecule has 1 N–H and O–H groups in total. The van der Waals surface area contributed by atoms with Crippen LogP contribution in [-0.4, -0.2) is 23.3 Å². The number of hydrogen-bond acceptors (Lipinski definition) is 2. The Bertz CT molecular complexity index is 205. The van der Waals surface area contributed by atoms with Gasteiger partial charge in [0, 0.05) is 6.61 Å². The maximum atomic E-state index is 11.1. The summed E-state index contributed by atoms with van der Waals surface area (Å²) in [7, 11) is 0. The summed E-state index contributed by atoms with van der Waals surface area (Å²) in [4.78, 5) is 11.1. The summed E-state index contributed by atoms with van der Waals surface area (Å²) < 4.78 is 5.56. The van der Waals surface area contributed by atoms with Crippen molar-refractivity contribution >= 4 is 5.97 Å². The van der Waals surface area contributed by atoms with Gasteiger partial charge >= 0.3 is 5.97 Å². The Morgan fingerprint density at radius 3 is 2.07 bits per heavy atom. The van der Waals surface area contributed by atoms with Gasteiger partial charge in [0.25, 0.3) is 0 Å². The standard InChI is InChI=1S/C12H24O3/c1-6-7-12(5,10(13)14)8-9-15-11(2,3)4/h6-9H2,1-5H3,(H,13,14). The normalized spacial score (nSPS) is 16.1. The van der Waals surface area contributed by atoms with Crippen molar-refractivity contribution in [2.24, 2.45) is 5.41 Å². The van der Waals surface area contributed by atoms with Crippen LogP contribution >= 0.6 is 0 Å². The Hall–Kier alpha value is -0.570. The average Bonchev–Trinajstić information content (AvgIpc) is 2.01. The third kappa shape index (κ3) is 5.78. The summed E-state index contributed by atoms with van der Waals surface area (Å²) in [6, 6.07) is 0. The van der Waals surface area contributed by atoms with E-state index in [1.165, 1.54) is 0 Å². The Morgan fingerprint density at radius 1 is 1.20 bits per heavy atom. The molecular formula is C12H24O3. The van der Waals surface area contributed by atoms with Gasteiger partial charge < -0.3 is 9.84 Å². The van der Waals surface area contributed by atoms with Gasteiger partial charge in [-0.15, -0.1) is 0 Å². The number of carboxylic acids is 1.